The van der Waals surface area contributed by atoms with Crippen LogP contribution in [0, 0.1) is 0 Å². The quantitative estimate of drug-likeness (QED) is 0.0612. The molecule has 0 fully saturated rings. The van der Waals surface area contributed by atoms with Gasteiger partial charge in [-0.15, -0.1) is 0 Å². The van der Waals surface area contributed by atoms with Crippen molar-refractivity contribution in [3.63, 3.8) is 0 Å². The summed E-state index contributed by atoms with van der Waals surface area (Å²) in [5, 5.41) is 8.56. The van der Waals surface area contributed by atoms with Gasteiger partial charge in [-0.25, -0.2) is 4.79 Å². The minimum Gasteiger partial charge on any atom is -0.494 e. The first-order valence-electron chi connectivity index (χ1n) is 19.9. The van der Waals surface area contributed by atoms with E-state index in [0.717, 1.165) is 65.6 Å². The minimum atomic E-state index is -0.993. The maximum Gasteiger partial charge on any atom is 0.329 e. The van der Waals surface area contributed by atoms with Crippen molar-refractivity contribution in [3.8, 4) is 39.5 Å². The standard InChI is InChI=1S/C44H64O9/c1-3-5-7-9-11-13-25-51-40-20-15-37(16-21-40)39-19-24-42(38-17-22-41(23-18-38)52-26-14-12-10-8-6-4-2)43(35-39)53-34-33-49-30-29-47-27-28-48-31-32-50-36-44(45)46/h15-24,35H,3-14,25-34,36H2,1-2H3,(H,45,46). The molecule has 0 saturated carbocycles. The minimum absolute atomic E-state index is 0.236. The van der Waals surface area contributed by atoms with Crippen LogP contribution >= 0.6 is 0 Å². The Labute approximate surface area is 318 Å². The molecule has 3 aromatic rings. The summed E-state index contributed by atoms with van der Waals surface area (Å²) in [6.07, 6.45) is 14.9. The number of hydrogen-bond donors (Lipinski definition) is 1. The van der Waals surface area contributed by atoms with Crippen LogP contribution in [0.1, 0.15) is 90.9 Å². The summed E-state index contributed by atoms with van der Waals surface area (Å²) in [6.45, 7) is 8.71. The predicted molar refractivity (Wildman–Crippen MR) is 211 cm³/mol. The van der Waals surface area contributed by atoms with Crippen molar-refractivity contribution < 1.29 is 43.1 Å². The molecule has 0 unspecified atom stereocenters. The van der Waals surface area contributed by atoms with E-state index in [9.17, 15) is 4.79 Å². The summed E-state index contributed by atoms with van der Waals surface area (Å²) in [5.74, 6) is 1.57. The first-order chi connectivity index (χ1) is 26.1. The van der Waals surface area contributed by atoms with Crippen molar-refractivity contribution in [2.75, 3.05) is 72.7 Å². The van der Waals surface area contributed by atoms with Crippen molar-refractivity contribution in [1.82, 2.24) is 0 Å². The highest BCUT2D eigenvalue weighted by Crippen LogP contribution is 2.35. The largest absolute Gasteiger partial charge is 0.494 e. The molecule has 3 rings (SSSR count). The van der Waals surface area contributed by atoms with Gasteiger partial charge < -0.3 is 38.3 Å². The summed E-state index contributed by atoms with van der Waals surface area (Å²) in [6, 6.07) is 22.9. The lowest BCUT2D eigenvalue weighted by molar-refractivity contribution is -0.142. The number of carboxylic acid groups (broad SMARTS) is 1. The van der Waals surface area contributed by atoms with Gasteiger partial charge in [0.1, 0.15) is 30.5 Å². The van der Waals surface area contributed by atoms with E-state index < -0.39 is 5.97 Å². The van der Waals surface area contributed by atoms with Gasteiger partial charge in [0, 0.05) is 5.56 Å². The van der Waals surface area contributed by atoms with Gasteiger partial charge in [-0.05, 0) is 59.9 Å². The van der Waals surface area contributed by atoms with Crippen LogP contribution in [0.2, 0.25) is 0 Å². The Hall–Kier alpha value is -3.63. The molecule has 3 aromatic carbocycles. The second-order valence-corrected chi connectivity index (χ2v) is 13.1. The molecule has 294 valence electrons. The average molecular weight is 737 g/mol. The fraction of sp³-hybridized carbons (Fsp3) is 0.568. The van der Waals surface area contributed by atoms with Gasteiger partial charge in [0.05, 0.1) is 59.5 Å². The number of benzene rings is 3. The molecule has 1 N–H and O–H groups in total. The Bertz CT molecular complexity index is 1340. The molecule has 0 spiro atoms. The number of hydrogen-bond acceptors (Lipinski definition) is 8. The van der Waals surface area contributed by atoms with E-state index in [1.54, 1.807) is 0 Å². The van der Waals surface area contributed by atoms with E-state index in [0.29, 0.717) is 46.2 Å². The zero-order valence-electron chi connectivity index (χ0n) is 32.3. The lowest BCUT2D eigenvalue weighted by atomic mass is 9.99. The van der Waals surface area contributed by atoms with Crippen LogP contribution in [0.25, 0.3) is 22.3 Å². The van der Waals surface area contributed by atoms with Crippen LogP contribution in [0.5, 0.6) is 17.2 Å². The zero-order valence-corrected chi connectivity index (χ0v) is 32.3. The molecule has 0 heterocycles. The van der Waals surface area contributed by atoms with Gasteiger partial charge in [0.2, 0.25) is 0 Å². The molecule has 0 radical (unpaired) electrons. The summed E-state index contributed by atoms with van der Waals surface area (Å²) >= 11 is 0. The summed E-state index contributed by atoms with van der Waals surface area (Å²) in [5.41, 5.74) is 4.22. The van der Waals surface area contributed by atoms with Crippen molar-refractivity contribution in [1.29, 1.82) is 0 Å². The van der Waals surface area contributed by atoms with Gasteiger partial charge in [-0.2, -0.15) is 0 Å². The normalized spacial score (nSPS) is 11.1. The van der Waals surface area contributed by atoms with Crippen molar-refractivity contribution in [3.05, 3.63) is 66.7 Å². The van der Waals surface area contributed by atoms with Gasteiger partial charge in [0.15, 0.2) is 0 Å². The van der Waals surface area contributed by atoms with Gasteiger partial charge in [0.25, 0.3) is 0 Å². The Morgan fingerprint density at radius 1 is 0.453 bits per heavy atom. The molecule has 0 aliphatic rings. The molecular formula is C44H64O9. The molecular weight excluding hydrogens is 672 g/mol. The molecule has 0 aliphatic heterocycles. The first kappa shape index (κ1) is 43.8. The lowest BCUT2D eigenvalue weighted by Crippen LogP contribution is -2.15. The maximum atomic E-state index is 10.4. The fourth-order valence-electron chi connectivity index (χ4n) is 5.71. The van der Waals surface area contributed by atoms with E-state index in [-0.39, 0.29) is 13.2 Å². The molecule has 0 aromatic heterocycles. The third kappa shape index (κ3) is 19.9. The third-order valence-corrected chi connectivity index (χ3v) is 8.69. The SMILES string of the molecule is CCCCCCCCOc1ccc(-c2ccc(-c3ccc(OCCCCCCCC)cc3)c(OCCOCCOCCOCCOCC(=O)O)c2)cc1. The van der Waals surface area contributed by atoms with E-state index in [4.69, 9.17) is 38.3 Å². The Kier molecular flexibility index (Phi) is 23.8. The number of rotatable bonds is 33. The van der Waals surface area contributed by atoms with Crippen LogP contribution < -0.4 is 14.2 Å². The lowest BCUT2D eigenvalue weighted by Gasteiger charge is -2.15. The monoisotopic (exact) mass is 736 g/mol. The maximum absolute atomic E-state index is 10.4. The van der Waals surface area contributed by atoms with E-state index in [2.05, 4.69) is 56.3 Å². The van der Waals surface area contributed by atoms with E-state index >= 15 is 0 Å². The summed E-state index contributed by atoms with van der Waals surface area (Å²) < 4.78 is 40.0. The highest BCUT2D eigenvalue weighted by molar-refractivity contribution is 5.77. The molecule has 9 nitrogen and oxygen atoms in total. The molecule has 0 bridgehead atoms. The summed E-state index contributed by atoms with van der Waals surface area (Å²) in [4.78, 5) is 10.4. The third-order valence-electron chi connectivity index (χ3n) is 8.69. The Morgan fingerprint density at radius 2 is 0.887 bits per heavy atom. The number of unbranched alkanes of at least 4 members (excludes halogenated alkanes) is 10. The number of aliphatic carboxylic acids is 1. The molecule has 0 atom stereocenters. The van der Waals surface area contributed by atoms with E-state index in [1.807, 2.05) is 24.3 Å². The first-order valence-corrected chi connectivity index (χ1v) is 19.9. The number of ether oxygens (including phenoxy) is 7. The van der Waals surface area contributed by atoms with Crippen LogP contribution in [-0.4, -0.2) is 83.8 Å². The molecule has 53 heavy (non-hydrogen) atoms. The molecule has 0 amide bonds. The van der Waals surface area contributed by atoms with Crippen molar-refractivity contribution in [2.24, 2.45) is 0 Å². The average Bonchev–Trinajstić information content (AvgIpc) is 3.17. The molecule has 0 aliphatic carbocycles. The zero-order chi connectivity index (χ0) is 37.6. The predicted octanol–water partition coefficient (Wildman–Crippen LogP) is 10.0. The van der Waals surface area contributed by atoms with Crippen LogP contribution in [0.4, 0.5) is 0 Å². The van der Waals surface area contributed by atoms with E-state index in [1.165, 1.54) is 64.2 Å². The van der Waals surface area contributed by atoms with Crippen LogP contribution in [0.3, 0.4) is 0 Å². The second kappa shape index (κ2) is 28.8. The Morgan fingerprint density at radius 3 is 1.40 bits per heavy atom. The van der Waals surface area contributed by atoms with Crippen molar-refractivity contribution >= 4 is 5.97 Å². The van der Waals surface area contributed by atoms with Gasteiger partial charge in [-0.1, -0.05) is 114 Å². The second-order valence-electron chi connectivity index (χ2n) is 13.1. The molecule has 0 saturated heterocycles. The summed E-state index contributed by atoms with van der Waals surface area (Å²) in [7, 11) is 0. The number of carbonyl (C=O) groups is 1. The van der Waals surface area contributed by atoms with Gasteiger partial charge >= 0.3 is 5.97 Å². The van der Waals surface area contributed by atoms with Crippen LogP contribution in [-0.2, 0) is 23.7 Å². The highest BCUT2D eigenvalue weighted by Gasteiger charge is 2.11. The molecule has 9 heteroatoms. The van der Waals surface area contributed by atoms with Crippen LogP contribution in [0.15, 0.2) is 66.7 Å². The Balaban J connectivity index is 1.51. The van der Waals surface area contributed by atoms with Crippen molar-refractivity contribution in [2.45, 2.75) is 90.9 Å². The smallest absolute Gasteiger partial charge is 0.329 e. The highest BCUT2D eigenvalue weighted by atomic mass is 16.6. The van der Waals surface area contributed by atoms with Gasteiger partial charge in [-0.3, -0.25) is 0 Å². The number of carboxylic acids is 1. The fourth-order valence-corrected chi connectivity index (χ4v) is 5.71. The topological polar surface area (TPSA) is 102 Å².